The molecule has 0 radical (unpaired) electrons. The minimum absolute atomic E-state index is 0.238. The largest absolute Gasteiger partial charge is 0.383 e. The molecule has 0 aliphatic rings. The summed E-state index contributed by atoms with van der Waals surface area (Å²) in [7, 11) is 1.61. The number of carbonyl (C=O) groups is 1. The van der Waals surface area contributed by atoms with E-state index in [0.29, 0.717) is 35.3 Å². The lowest BCUT2D eigenvalue weighted by atomic mass is 10.0. The quantitative estimate of drug-likeness (QED) is 0.692. The minimum Gasteiger partial charge on any atom is -0.383 e. The third-order valence-corrected chi connectivity index (χ3v) is 4.21. The average molecular weight is 366 g/mol. The maximum atomic E-state index is 12.9. The summed E-state index contributed by atoms with van der Waals surface area (Å²) in [5, 5.41) is 10.7. The fourth-order valence-electron chi connectivity index (χ4n) is 2.15. The summed E-state index contributed by atoms with van der Waals surface area (Å²) in [6.07, 6.45) is 0.798. The van der Waals surface area contributed by atoms with Crippen LogP contribution in [0.4, 0.5) is 5.82 Å². The molecule has 2 aromatic rings. The maximum absolute atomic E-state index is 12.9. The number of halogens is 1. The van der Waals surface area contributed by atoms with E-state index >= 15 is 0 Å². The van der Waals surface area contributed by atoms with Crippen molar-refractivity contribution < 1.29 is 14.1 Å². The highest BCUT2D eigenvalue weighted by atomic mass is 35.5. The summed E-state index contributed by atoms with van der Waals surface area (Å²) in [5.74, 6) is 0.561. The molecule has 0 saturated carbocycles. The SMILES string of the molecule is CCC(C)(C)NC(=O)c1c(NCCOC)noc1-c1ccc(Cl)cc1. The Morgan fingerprint density at radius 2 is 2.00 bits per heavy atom. The van der Waals surface area contributed by atoms with Crippen molar-refractivity contribution in [2.45, 2.75) is 32.7 Å². The fraction of sp³-hybridized carbons (Fsp3) is 0.444. The highest BCUT2D eigenvalue weighted by molar-refractivity contribution is 6.30. The summed E-state index contributed by atoms with van der Waals surface area (Å²) in [5.41, 5.74) is 0.770. The van der Waals surface area contributed by atoms with Gasteiger partial charge >= 0.3 is 0 Å². The number of ether oxygens (including phenoxy) is 1. The number of benzene rings is 1. The van der Waals surface area contributed by atoms with Crippen molar-refractivity contribution in [1.29, 1.82) is 0 Å². The first-order chi connectivity index (χ1) is 11.9. The number of aromatic nitrogens is 1. The Bertz CT molecular complexity index is 711. The molecule has 7 heteroatoms. The molecule has 0 bridgehead atoms. The van der Waals surface area contributed by atoms with Crippen LogP contribution in [0.5, 0.6) is 0 Å². The molecule has 1 aromatic heterocycles. The zero-order chi connectivity index (χ0) is 18.4. The first-order valence-electron chi connectivity index (χ1n) is 8.19. The second-order valence-corrected chi connectivity index (χ2v) is 6.79. The maximum Gasteiger partial charge on any atom is 0.259 e. The van der Waals surface area contributed by atoms with Gasteiger partial charge in [-0.3, -0.25) is 4.79 Å². The number of carbonyl (C=O) groups excluding carboxylic acids is 1. The third-order valence-electron chi connectivity index (χ3n) is 3.96. The number of hydrogen-bond acceptors (Lipinski definition) is 5. The zero-order valence-corrected chi connectivity index (χ0v) is 15.7. The predicted octanol–water partition coefficient (Wildman–Crippen LogP) is 3.97. The van der Waals surface area contributed by atoms with Crippen molar-refractivity contribution >= 4 is 23.3 Å². The van der Waals surface area contributed by atoms with Gasteiger partial charge in [0, 0.05) is 29.8 Å². The molecule has 0 aliphatic heterocycles. The molecular weight excluding hydrogens is 342 g/mol. The summed E-state index contributed by atoms with van der Waals surface area (Å²) in [4.78, 5) is 12.9. The Labute approximate surface area is 152 Å². The molecule has 1 aromatic carbocycles. The lowest BCUT2D eigenvalue weighted by molar-refractivity contribution is 0.0912. The summed E-state index contributed by atoms with van der Waals surface area (Å²) < 4.78 is 10.5. The molecule has 1 heterocycles. The van der Waals surface area contributed by atoms with E-state index in [2.05, 4.69) is 15.8 Å². The van der Waals surface area contributed by atoms with Gasteiger partial charge in [-0.25, -0.2) is 0 Å². The number of nitrogens with one attached hydrogen (secondary N) is 2. The van der Waals surface area contributed by atoms with Gasteiger partial charge in [0.15, 0.2) is 11.6 Å². The number of rotatable bonds is 8. The van der Waals surface area contributed by atoms with Gasteiger partial charge in [0.05, 0.1) is 6.61 Å². The molecule has 6 nitrogen and oxygen atoms in total. The van der Waals surface area contributed by atoms with Gasteiger partial charge in [0.25, 0.3) is 5.91 Å². The van der Waals surface area contributed by atoms with Crippen molar-refractivity contribution in [2.24, 2.45) is 0 Å². The van der Waals surface area contributed by atoms with Gasteiger partial charge in [-0.15, -0.1) is 0 Å². The molecule has 1 amide bonds. The van der Waals surface area contributed by atoms with Crippen LogP contribution in [-0.4, -0.2) is 36.9 Å². The van der Waals surface area contributed by atoms with E-state index in [1.807, 2.05) is 20.8 Å². The third kappa shape index (κ3) is 4.96. The van der Waals surface area contributed by atoms with Crippen LogP contribution >= 0.6 is 11.6 Å². The van der Waals surface area contributed by atoms with Crippen LogP contribution in [0.3, 0.4) is 0 Å². The molecular formula is C18H24ClN3O3. The van der Waals surface area contributed by atoms with Crippen LogP contribution in [-0.2, 0) is 4.74 Å². The molecule has 0 fully saturated rings. The van der Waals surface area contributed by atoms with E-state index in [1.54, 1.807) is 31.4 Å². The molecule has 0 saturated heterocycles. The summed E-state index contributed by atoms with van der Waals surface area (Å²) in [6, 6.07) is 7.08. The van der Waals surface area contributed by atoms with Crippen molar-refractivity contribution in [2.75, 3.05) is 25.6 Å². The van der Waals surface area contributed by atoms with E-state index in [4.69, 9.17) is 20.9 Å². The molecule has 0 unspecified atom stereocenters. The predicted molar refractivity (Wildman–Crippen MR) is 99.2 cm³/mol. The van der Waals surface area contributed by atoms with Crippen LogP contribution in [0.25, 0.3) is 11.3 Å². The van der Waals surface area contributed by atoms with Crippen LogP contribution in [0, 0.1) is 0 Å². The summed E-state index contributed by atoms with van der Waals surface area (Å²) >= 11 is 5.95. The lowest BCUT2D eigenvalue weighted by Crippen LogP contribution is -2.43. The molecule has 136 valence electrons. The second kappa shape index (κ2) is 8.36. The Morgan fingerprint density at radius 3 is 2.60 bits per heavy atom. The number of anilines is 1. The number of amides is 1. The monoisotopic (exact) mass is 365 g/mol. The number of nitrogens with zero attached hydrogens (tertiary/aromatic N) is 1. The van der Waals surface area contributed by atoms with Crippen LogP contribution in [0.1, 0.15) is 37.6 Å². The van der Waals surface area contributed by atoms with Crippen LogP contribution in [0.2, 0.25) is 5.02 Å². The van der Waals surface area contributed by atoms with Gasteiger partial charge in [-0.2, -0.15) is 0 Å². The fourth-order valence-corrected chi connectivity index (χ4v) is 2.28. The van der Waals surface area contributed by atoms with E-state index < -0.39 is 0 Å². The van der Waals surface area contributed by atoms with Gasteiger partial charge in [0.1, 0.15) is 5.56 Å². The highest BCUT2D eigenvalue weighted by Crippen LogP contribution is 2.30. The molecule has 0 atom stereocenters. The molecule has 2 N–H and O–H groups in total. The Hall–Kier alpha value is -2.05. The lowest BCUT2D eigenvalue weighted by Gasteiger charge is -2.24. The van der Waals surface area contributed by atoms with Crippen LogP contribution in [0.15, 0.2) is 28.8 Å². The Balaban J connectivity index is 2.39. The average Bonchev–Trinajstić information content (AvgIpc) is 2.99. The first-order valence-corrected chi connectivity index (χ1v) is 8.56. The molecule has 0 aliphatic carbocycles. The van der Waals surface area contributed by atoms with Crippen molar-refractivity contribution in [3.05, 3.63) is 34.9 Å². The van der Waals surface area contributed by atoms with E-state index in [0.717, 1.165) is 12.0 Å². The highest BCUT2D eigenvalue weighted by Gasteiger charge is 2.27. The molecule has 2 rings (SSSR count). The normalized spacial score (nSPS) is 11.4. The van der Waals surface area contributed by atoms with Gasteiger partial charge in [-0.1, -0.05) is 23.7 Å². The smallest absolute Gasteiger partial charge is 0.259 e. The number of hydrogen-bond donors (Lipinski definition) is 2. The summed E-state index contributed by atoms with van der Waals surface area (Å²) in [6.45, 7) is 6.97. The molecule has 0 spiro atoms. The Morgan fingerprint density at radius 1 is 1.32 bits per heavy atom. The number of methoxy groups -OCH3 is 1. The Kier molecular flexibility index (Phi) is 6.45. The zero-order valence-electron chi connectivity index (χ0n) is 15.0. The van der Waals surface area contributed by atoms with E-state index in [1.165, 1.54) is 0 Å². The van der Waals surface area contributed by atoms with Gasteiger partial charge in [-0.05, 0) is 44.5 Å². The standard InChI is InChI=1S/C18H24ClN3O3/c1-5-18(2,3)21-17(23)14-15(12-6-8-13(19)9-7-12)25-22-16(14)20-10-11-24-4/h6-9H,5,10-11H2,1-4H3,(H,20,22)(H,21,23). The van der Waals surface area contributed by atoms with E-state index in [-0.39, 0.29) is 11.4 Å². The van der Waals surface area contributed by atoms with Crippen molar-refractivity contribution in [1.82, 2.24) is 10.5 Å². The first kappa shape index (κ1) is 19.3. The molecule has 25 heavy (non-hydrogen) atoms. The topological polar surface area (TPSA) is 76.4 Å². The van der Waals surface area contributed by atoms with Crippen molar-refractivity contribution in [3.8, 4) is 11.3 Å². The van der Waals surface area contributed by atoms with Gasteiger partial charge in [0.2, 0.25) is 0 Å². The second-order valence-electron chi connectivity index (χ2n) is 6.35. The minimum atomic E-state index is -0.338. The van der Waals surface area contributed by atoms with Crippen molar-refractivity contribution in [3.63, 3.8) is 0 Å². The van der Waals surface area contributed by atoms with Crippen LogP contribution < -0.4 is 10.6 Å². The van der Waals surface area contributed by atoms with E-state index in [9.17, 15) is 4.79 Å². The van der Waals surface area contributed by atoms with Gasteiger partial charge < -0.3 is 19.9 Å².